The Hall–Kier alpha value is -3.21. The van der Waals surface area contributed by atoms with Gasteiger partial charge in [-0.2, -0.15) is 4.98 Å². The van der Waals surface area contributed by atoms with Gasteiger partial charge < -0.3 is 4.74 Å². The number of rotatable bonds is 7. The molecule has 29 heavy (non-hydrogen) atoms. The average molecular weight is 418 g/mol. The lowest BCUT2D eigenvalue weighted by Crippen LogP contribution is -2.42. The molecule has 0 radical (unpaired) electrons. The number of sulfonamides is 1. The highest BCUT2D eigenvalue weighted by Crippen LogP contribution is 2.24. The van der Waals surface area contributed by atoms with Gasteiger partial charge in [0, 0.05) is 17.8 Å². The first-order chi connectivity index (χ1) is 13.9. The number of benzene rings is 1. The number of carbonyl (C=O) groups is 1. The van der Waals surface area contributed by atoms with E-state index in [1.165, 1.54) is 19.4 Å². The molecule has 1 aliphatic rings. The number of carbonyl (C=O) groups excluding carboxylic acids is 1. The lowest BCUT2D eigenvalue weighted by Gasteiger charge is -2.19. The van der Waals surface area contributed by atoms with E-state index >= 15 is 0 Å². The summed E-state index contributed by atoms with van der Waals surface area (Å²) >= 11 is 0. The lowest BCUT2D eigenvalue weighted by molar-refractivity contribution is -0.122. The molecule has 0 saturated heterocycles. The van der Waals surface area contributed by atoms with Crippen molar-refractivity contribution in [3.05, 3.63) is 42.1 Å². The minimum Gasteiger partial charge on any atom is -0.481 e. The molecule has 3 rings (SSSR count). The number of hydrogen-bond donors (Lipinski definition) is 3. The van der Waals surface area contributed by atoms with Crippen molar-refractivity contribution in [2.24, 2.45) is 10.9 Å². The van der Waals surface area contributed by atoms with Crippen molar-refractivity contribution in [3.63, 3.8) is 0 Å². The molecule has 0 saturated carbocycles. The van der Waals surface area contributed by atoms with Crippen LogP contribution in [0.25, 0.3) is 0 Å². The van der Waals surface area contributed by atoms with Crippen molar-refractivity contribution in [1.82, 2.24) is 20.1 Å². The maximum atomic E-state index is 12.8. The molecule has 0 spiro atoms. The number of amidine groups is 1. The smallest absolute Gasteiger partial charge is 0.263 e. The van der Waals surface area contributed by atoms with Crippen LogP contribution in [-0.2, 0) is 14.8 Å². The third-order valence-electron chi connectivity index (χ3n) is 4.52. The van der Waals surface area contributed by atoms with Crippen molar-refractivity contribution in [3.8, 4) is 5.88 Å². The molecule has 10 nitrogen and oxygen atoms in total. The summed E-state index contributed by atoms with van der Waals surface area (Å²) in [5.74, 6) is 0.0564. The summed E-state index contributed by atoms with van der Waals surface area (Å²) in [4.78, 5) is 25.4. The summed E-state index contributed by atoms with van der Waals surface area (Å²) in [5, 5.41) is 0. The second-order valence-electron chi connectivity index (χ2n) is 6.45. The molecule has 0 aliphatic carbocycles. The Morgan fingerprint density at radius 3 is 2.79 bits per heavy atom. The number of hydrogen-bond acceptors (Lipinski definition) is 8. The Morgan fingerprint density at radius 2 is 2.07 bits per heavy atom. The van der Waals surface area contributed by atoms with Gasteiger partial charge in [-0.05, 0) is 18.1 Å². The topological polar surface area (TPSA) is 135 Å². The highest BCUT2D eigenvalue weighted by molar-refractivity contribution is 7.90. The van der Waals surface area contributed by atoms with Crippen LogP contribution in [0.5, 0.6) is 5.88 Å². The maximum absolute atomic E-state index is 12.8. The minimum atomic E-state index is -3.68. The normalized spacial score (nSPS) is 17.7. The number of amides is 1. The van der Waals surface area contributed by atoms with Crippen LogP contribution in [-0.4, -0.2) is 43.3 Å². The van der Waals surface area contributed by atoms with Crippen molar-refractivity contribution < 1.29 is 17.9 Å². The molecule has 1 aliphatic heterocycles. The molecule has 1 aromatic heterocycles. The molecule has 0 bridgehead atoms. The van der Waals surface area contributed by atoms with Crippen LogP contribution in [0.15, 0.2) is 46.4 Å². The molecule has 1 aromatic carbocycles. The molecular formula is C18H22N6O4S. The molecule has 3 N–H and O–H groups in total. The quantitative estimate of drug-likeness (QED) is 0.573. The van der Waals surface area contributed by atoms with Gasteiger partial charge in [-0.15, -0.1) is 0 Å². The molecule has 0 unspecified atom stereocenters. The van der Waals surface area contributed by atoms with E-state index in [0.29, 0.717) is 17.9 Å². The van der Waals surface area contributed by atoms with Crippen molar-refractivity contribution >= 4 is 27.7 Å². The van der Waals surface area contributed by atoms with Gasteiger partial charge in [0.1, 0.15) is 11.9 Å². The highest BCUT2D eigenvalue weighted by Gasteiger charge is 2.33. The van der Waals surface area contributed by atoms with Crippen molar-refractivity contribution in [1.29, 1.82) is 0 Å². The summed E-state index contributed by atoms with van der Waals surface area (Å²) < 4.78 is 32.0. The van der Waals surface area contributed by atoms with E-state index in [4.69, 9.17) is 4.74 Å². The predicted molar refractivity (Wildman–Crippen MR) is 107 cm³/mol. The predicted octanol–water partition coefficient (Wildman–Crippen LogP) is 1.08. The monoisotopic (exact) mass is 418 g/mol. The molecule has 0 fully saturated rings. The number of nitrogens with one attached hydrogen (secondary N) is 3. The van der Waals surface area contributed by atoms with Crippen LogP contribution in [0.2, 0.25) is 0 Å². The standard InChI is InChI=1S/C18H22N6O4S/c1-4-11(2)15(17(25)22-23-18-19-10-9-14(20-18)28-3)21-16-12-7-5-6-8-13(12)29(26,27)24-16/h5-11,15H,4H2,1-3H3,(H,21,24)(H,22,25)(H,19,20,23)/t11-,15-/m0/s1. The number of methoxy groups -OCH3 is 1. The number of nitrogens with zero attached hydrogens (tertiary/aromatic N) is 3. The van der Waals surface area contributed by atoms with E-state index in [1.54, 1.807) is 24.3 Å². The third kappa shape index (κ3) is 4.45. The zero-order valence-electron chi connectivity index (χ0n) is 16.2. The Kier molecular flexibility index (Phi) is 5.97. The second-order valence-corrected chi connectivity index (χ2v) is 8.10. The van der Waals surface area contributed by atoms with Crippen LogP contribution in [0, 0.1) is 5.92 Å². The van der Waals surface area contributed by atoms with E-state index in [2.05, 4.69) is 30.5 Å². The van der Waals surface area contributed by atoms with Gasteiger partial charge in [0.25, 0.3) is 15.9 Å². The lowest BCUT2D eigenvalue weighted by atomic mass is 9.99. The first-order valence-electron chi connectivity index (χ1n) is 8.98. The van der Waals surface area contributed by atoms with Crippen LogP contribution in [0.3, 0.4) is 0 Å². The number of aliphatic imine (C=N–C) groups is 1. The summed E-state index contributed by atoms with van der Waals surface area (Å²) in [5.41, 5.74) is 5.60. The van der Waals surface area contributed by atoms with Crippen LogP contribution in [0.1, 0.15) is 25.8 Å². The summed E-state index contributed by atoms with van der Waals surface area (Å²) in [6, 6.07) is 7.25. The summed E-state index contributed by atoms with van der Waals surface area (Å²) in [6.07, 6.45) is 2.15. The molecule has 1 amide bonds. The molecule has 154 valence electrons. The number of anilines is 1. The Morgan fingerprint density at radius 1 is 1.31 bits per heavy atom. The van der Waals surface area contributed by atoms with Gasteiger partial charge in [0.15, 0.2) is 0 Å². The zero-order chi connectivity index (χ0) is 21.0. The number of ether oxygens (including phenoxy) is 1. The minimum absolute atomic E-state index is 0.143. The first kappa shape index (κ1) is 20.5. The largest absolute Gasteiger partial charge is 0.481 e. The molecular weight excluding hydrogens is 396 g/mol. The van der Waals surface area contributed by atoms with Crippen LogP contribution < -0.4 is 20.3 Å². The zero-order valence-corrected chi connectivity index (χ0v) is 17.0. The third-order valence-corrected chi connectivity index (χ3v) is 5.92. The van der Waals surface area contributed by atoms with E-state index in [0.717, 1.165) is 0 Å². The van der Waals surface area contributed by atoms with Gasteiger partial charge >= 0.3 is 0 Å². The fourth-order valence-electron chi connectivity index (χ4n) is 2.74. The summed E-state index contributed by atoms with van der Waals surface area (Å²) in [7, 11) is -2.21. The Bertz CT molecular complexity index is 1040. The first-order valence-corrected chi connectivity index (χ1v) is 10.5. The number of fused-ring (bicyclic) bond motifs is 1. The Labute approximate surface area is 168 Å². The van der Waals surface area contributed by atoms with Crippen LogP contribution >= 0.6 is 0 Å². The summed E-state index contributed by atoms with van der Waals surface area (Å²) in [6.45, 7) is 3.79. The van der Waals surface area contributed by atoms with Gasteiger partial charge in [0.2, 0.25) is 11.8 Å². The van der Waals surface area contributed by atoms with E-state index in [-0.39, 0.29) is 22.6 Å². The van der Waals surface area contributed by atoms with Gasteiger partial charge in [-0.3, -0.25) is 25.4 Å². The fourth-order valence-corrected chi connectivity index (χ4v) is 3.98. The van der Waals surface area contributed by atoms with E-state index in [1.807, 2.05) is 13.8 Å². The van der Waals surface area contributed by atoms with Gasteiger partial charge in [0.05, 0.1) is 12.0 Å². The highest BCUT2D eigenvalue weighted by atomic mass is 32.2. The van der Waals surface area contributed by atoms with E-state index < -0.39 is 22.0 Å². The SMILES string of the molecule is CC[C@H](C)[C@H](N=C1NS(=O)(=O)c2ccccc21)C(=O)NNc1nccc(OC)n1. The maximum Gasteiger partial charge on any atom is 0.263 e. The average Bonchev–Trinajstić information content (AvgIpc) is 3.00. The molecule has 11 heteroatoms. The van der Waals surface area contributed by atoms with Crippen molar-refractivity contribution in [2.45, 2.75) is 31.2 Å². The van der Waals surface area contributed by atoms with Gasteiger partial charge in [-0.1, -0.05) is 32.4 Å². The molecule has 2 atom stereocenters. The number of aromatic nitrogens is 2. The van der Waals surface area contributed by atoms with Gasteiger partial charge in [-0.25, -0.2) is 13.4 Å². The second kappa shape index (κ2) is 8.43. The molecule has 2 aromatic rings. The Balaban J connectivity index is 1.83. The number of hydrazine groups is 1. The van der Waals surface area contributed by atoms with Crippen molar-refractivity contribution in [2.75, 3.05) is 12.5 Å². The molecule has 2 heterocycles. The van der Waals surface area contributed by atoms with E-state index in [9.17, 15) is 13.2 Å². The fraction of sp³-hybridized carbons (Fsp3) is 0.333. The van der Waals surface area contributed by atoms with Crippen LogP contribution in [0.4, 0.5) is 5.95 Å².